The van der Waals surface area contributed by atoms with Crippen molar-refractivity contribution in [2.45, 2.75) is 13.3 Å². The van der Waals surface area contributed by atoms with E-state index in [1.54, 1.807) is 19.1 Å². The minimum Gasteiger partial charge on any atom is -0.466 e. The average Bonchev–Trinajstić information content (AvgIpc) is 2.19. The molecule has 82 valence electrons. The van der Waals surface area contributed by atoms with Crippen LogP contribution in [0.2, 0.25) is 5.02 Å². The van der Waals surface area contributed by atoms with Gasteiger partial charge in [-0.1, -0.05) is 11.6 Å². The van der Waals surface area contributed by atoms with Gasteiger partial charge >= 0.3 is 5.97 Å². The fraction of sp³-hybridized carbons (Fsp3) is 0.300. The molecule has 4 nitrogen and oxygen atoms in total. The van der Waals surface area contributed by atoms with Gasteiger partial charge in [-0.15, -0.1) is 0 Å². The molecule has 0 atom stereocenters. The van der Waals surface area contributed by atoms with Gasteiger partial charge < -0.3 is 16.2 Å². The molecular weight excluding hydrogens is 216 g/mol. The third kappa shape index (κ3) is 2.76. The van der Waals surface area contributed by atoms with Crippen molar-refractivity contribution in [3.8, 4) is 0 Å². The number of hydrogen-bond acceptors (Lipinski definition) is 4. The fourth-order valence-electron chi connectivity index (χ4n) is 1.19. The lowest BCUT2D eigenvalue weighted by Crippen LogP contribution is -2.10. The van der Waals surface area contributed by atoms with E-state index in [0.717, 1.165) is 0 Å². The van der Waals surface area contributed by atoms with E-state index < -0.39 is 0 Å². The summed E-state index contributed by atoms with van der Waals surface area (Å²) in [7, 11) is 0. The standard InChI is InChI=1S/C10H13ClN2O2/c1-2-15-9(14)5-6-7(12)3-4-8(13)10(6)11/h3-4H,2,5,12-13H2,1H3. The molecule has 0 saturated carbocycles. The lowest BCUT2D eigenvalue weighted by Gasteiger charge is -2.09. The Kier molecular flexibility index (Phi) is 3.80. The van der Waals surface area contributed by atoms with Crippen LogP contribution in [-0.4, -0.2) is 12.6 Å². The summed E-state index contributed by atoms with van der Waals surface area (Å²) in [4.78, 5) is 11.3. The Hall–Kier alpha value is -1.42. The first-order valence-electron chi connectivity index (χ1n) is 4.54. The van der Waals surface area contributed by atoms with E-state index in [2.05, 4.69) is 0 Å². The summed E-state index contributed by atoms with van der Waals surface area (Å²) < 4.78 is 4.80. The molecule has 0 fully saturated rings. The summed E-state index contributed by atoms with van der Waals surface area (Å²) in [5.74, 6) is -0.364. The van der Waals surface area contributed by atoms with Crippen molar-refractivity contribution < 1.29 is 9.53 Å². The van der Waals surface area contributed by atoms with Crippen LogP contribution in [0.1, 0.15) is 12.5 Å². The smallest absolute Gasteiger partial charge is 0.310 e. The van der Waals surface area contributed by atoms with Crippen LogP contribution in [-0.2, 0) is 16.0 Å². The Morgan fingerprint density at radius 1 is 1.40 bits per heavy atom. The average molecular weight is 229 g/mol. The van der Waals surface area contributed by atoms with Gasteiger partial charge in [0.1, 0.15) is 0 Å². The monoisotopic (exact) mass is 228 g/mol. The second kappa shape index (κ2) is 4.89. The summed E-state index contributed by atoms with van der Waals surface area (Å²) in [6.45, 7) is 2.07. The van der Waals surface area contributed by atoms with Gasteiger partial charge in [0, 0.05) is 11.3 Å². The molecule has 0 aromatic heterocycles. The third-order valence-corrected chi connectivity index (χ3v) is 2.38. The van der Waals surface area contributed by atoms with E-state index in [0.29, 0.717) is 28.6 Å². The zero-order valence-electron chi connectivity index (χ0n) is 8.42. The molecule has 5 heteroatoms. The highest BCUT2D eigenvalue weighted by Gasteiger charge is 2.12. The van der Waals surface area contributed by atoms with Crippen LogP contribution in [0, 0.1) is 0 Å². The van der Waals surface area contributed by atoms with Gasteiger partial charge in [0.25, 0.3) is 0 Å². The second-order valence-corrected chi connectivity index (χ2v) is 3.40. The van der Waals surface area contributed by atoms with Crippen molar-refractivity contribution in [2.24, 2.45) is 0 Å². The van der Waals surface area contributed by atoms with Gasteiger partial charge in [0.15, 0.2) is 0 Å². The zero-order valence-corrected chi connectivity index (χ0v) is 9.17. The van der Waals surface area contributed by atoms with Gasteiger partial charge in [-0.3, -0.25) is 4.79 Å². The van der Waals surface area contributed by atoms with Crippen LogP contribution >= 0.6 is 11.6 Å². The summed E-state index contributed by atoms with van der Waals surface area (Å²) in [5.41, 5.74) is 12.7. The topological polar surface area (TPSA) is 78.3 Å². The second-order valence-electron chi connectivity index (χ2n) is 3.02. The maximum atomic E-state index is 11.3. The van der Waals surface area contributed by atoms with E-state index in [1.807, 2.05) is 0 Å². The van der Waals surface area contributed by atoms with Gasteiger partial charge in [0.05, 0.1) is 23.7 Å². The highest BCUT2D eigenvalue weighted by molar-refractivity contribution is 6.34. The summed E-state index contributed by atoms with van der Waals surface area (Å²) in [6, 6.07) is 3.22. The molecule has 1 rings (SSSR count). The number of halogens is 1. The molecule has 1 aromatic rings. The van der Waals surface area contributed by atoms with Crippen LogP contribution in [0.3, 0.4) is 0 Å². The van der Waals surface area contributed by atoms with Crippen molar-refractivity contribution in [3.05, 3.63) is 22.7 Å². The molecule has 0 aliphatic rings. The minimum absolute atomic E-state index is 0.0452. The molecule has 0 saturated heterocycles. The van der Waals surface area contributed by atoms with E-state index in [1.165, 1.54) is 0 Å². The normalized spacial score (nSPS) is 10.0. The van der Waals surface area contributed by atoms with Gasteiger partial charge in [-0.05, 0) is 19.1 Å². The van der Waals surface area contributed by atoms with Gasteiger partial charge in [-0.2, -0.15) is 0 Å². The van der Waals surface area contributed by atoms with Crippen molar-refractivity contribution in [2.75, 3.05) is 18.1 Å². The first-order valence-corrected chi connectivity index (χ1v) is 4.92. The fourth-order valence-corrected chi connectivity index (χ4v) is 1.43. The molecule has 0 unspecified atom stereocenters. The molecule has 0 spiro atoms. The number of rotatable bonds is 3. The number of nitrogens with two attached hydrogens (primary N) is 2. The van der Waals surface area contributed by atoms with Crippen molar-refractivity contribution >= 4 is 28.9 Å². The van der Waals surface area contributed by atoms with E-state index in [-0.39, 0.29) is 12.4 Å². The van der Waals surface area contributed by atoms with Crippen LogP contribution < -0.4 is 11.5 Å². The van der Waals surface area contributed by atoms with E-state index >= 15 is 0 Å². The number of carbonyl (C=O) groups excluding carboxylic acids is 1. The lowest BCUT2D eigenvalue weighted by atomic mass is 10.1. The van der Waals surface area contributed by atoms with Crippen molar-refractivity contribution in [1.29, 1.82) is 0 Å². The molecule has 15 heavy (non-hydrogen) atoms. The molecule has 4 N–H and O–H groups in total. The Morgan fingerprint density at radius 2 is 2.00 bits per heavy atom. The molecule has 0 heterocycles. The number of nitrogen functional groups attached to an aromatic ring is 2. The Labute approximate surface area is 93.1 Å². The zero-order chi connectivity index (χ0) is 11.4. The third-order valence-electron chi connectivity index (χ3n) is 1.94. The predicted octanol–water partition coefficient (Wildman–Crippen LogP) is 1.61. The summed E-state index contributed by atoms with van der Waals surface area (Å²) >= 11 is 5.93. The van der Waals surface area contributed by atoms with Crippen LogP contribution in [0.5, 0.6) is 0 Å². The number of benzene rings is 1. The maximum Gasteiger partial charge on any atom is 0.310 e. The Bertz CT molecular complexity index is 380. The number of hydrogen-bond donors (Lipinski definition) is 2. The van der Waals surface area contributed by atoms with E-state index in [4.69, 9.17) is 27.8 Å². The molecule has 0 aliphatic carbocycles. The maximum absolute atomic E-state index is 11.3. The minimum atomic E-state index is -0.364. The molecule has 0 bridgehead atoms. The summed E-state index contributed by atoms with van der Waals surface area (Å²) in [5, 5.41) is 0.322. The number of anilines is 2. The first kappa shape index (κ1) is 11.7. The highest BCUT2D eigenvalue weighted by Crippen LogP contribution is 2.28. The Morgan fingerprint density at radius 3 is 2.60 bits per heavy atom. The van der Waals surface area contributed by atoms with Gasteiger partial charge in [-0.25, -0.2) is 0 Å². The Balaban J connectivity index is 2.93. The van der Waals surface area contributed by atoms with Crippen LogP contribution in [0.4, 0.5) is 11.4 Å². The lowest BCUT2D eigenvalue weighted by molar-refractivity contribution is -0.142. The number of esters is 1. The quantitative estimate of drug-likeness (QED) is 0.609. The number of ether oxygens (including phenoxy) is 1. The van der Waals surface area contributed by atoms with Gasteiger partial charge in [0.2, 0.25) is 0 Å². The molecule has 0 radical (unpaired) electrons. The predicted molar refractivity (Wildman–Crippen MR) is 60.6 cm³/mol. The molecular formula is C10H13ClN2O2. The molecule has 0 aliphatic heterocycles. The number of carbonyl (C=O) groups is 1. The molecule has 1 aromatic carbocycles. The summed E-state index contributed by atoms with van der Waals surface area (Å²) in [6.07, 6.45) is 0.0452. The molecule has 0 amide bonds. The van der Waals surface area contributed by atoms with Crippen molar-refractivity contribution in [3.63, 3.8) is 0 Å². The largest absolute Gasteiger partial charge is 0.466 e. The van der Waals surface area contributed by atoms with Crippen LogP contribution in [0.25, 0.3) is 0 Å². The first-order chi connectivity index (χ1) is 7.06. The highest BCUT2D eigenvalue weighted by atomic mass is 35.5. The van der Waals surface area contributed by atoms with E-state index in [9.17, 15) is 4.79 Å². The van der Waals surface area contributed by atoms with Crippen molar-refractivity contribution in [1.82, 2.24) is 0 Å². The van der Waals surface area contributed by atoms with Crippen LogP contribution in [0.15, 0.2) is 12.1 Å². The SMILES string of the molecule is CCOC(=O)Cc1c(N)ccc(N)c1Cl.